The monoisotopic (exact) mass is 466 g/mol. The number of hydrogen-bond acceptors (Lipinski definition) is 5. The number of nitrogens with zero attached hydrogens (tertiary/aromatic N) is 4. The minimum absolute atomic E-state index is 0.0211. The number of benzene rings is 1. The van der Waals surface area contributed by atoms with Gasteiger partial charge < -0.3 is 9.80 Å². The zero-order valence-corrected chi connectivity index (χ0v) is 17.7. The van der Waals surface area contributed by atoms with Crippen LogP contribution >= 0.6 is 0 Å². The molecule has 4 rings (SSSR count). The number of carbonyl (C=O) groups is 1. The Hall–Kier alpha value is -3.00. The Balaban J connectivity index is 1.77. The van der Waals surface area contributed by atoms with Crippen molar-refractivity contribution in [2.24, 2.45) is 0 Å². The molecule has 1 unspecified atom stereocenters. The molecular weight excluding hydrogens is 448 g/mol. The quantitative estimate of drug-likeness (QED) is 0.645. The number of anilines is 2. The number of nitriles is 1. The second kappa shape index (κ2) is 8.16. The van der Waals surface area contributed by atoms with Gasteiger partial charge in [0.15, 0.2) is 0 Å². The second-order valence-electron chi connectivity index (χ2n) is 7.76. The van der Waals surface area contributed by atoms with E-state index in [-0.39, 0.29) is 29.2 Å². The fourth-order valence-corrected chi connectivity index (χ4v) is 5.18. The lowest BCUT2D eigenvalue weighted by Crippen LogP contribution is -2.49. The molecule has 11 heteroatoms. The number of hydrogen-bond donors (Lipinski definition) is 0. The van der Waals surface area contributed by atoms with E-state index in [9.17, 15) is 31.8 Å². The van der Waals surface area contributed by atoms with Gasteiger partial charge in [-0.2, -0.15) is 18.4 Å². The Bertz CT molecular complexity index is 1130. The highest BCUT2D eigenvalue weighted by Crippen LogP contribution is 2.38. The number of aromatic nitrogens is 1. The first kappa shape index (κ1) is 22.2. The molecular formula is C21H18F4N4O2S. The molecule has 2 atom stereocenters. The third-order valence-electron chi connectivity index (χ3n) is 5.36. The fourth-order valence-electron chi connectivity index (χ4n) is 3.79. The van der Waals surface area contributed by atoms with Crippen molar-refractivity contribution >= 4 is 28.2 Å². The minimum atomic E-state index is -4.79. The Morgan fingerprint density at radius 1 is 1.28 bits per heavy atom. The lowest BCUT2D eigenvalue weighted by molar-refractivity contribution is -0.137. The molecule has 1 aromatic carbocycles. The zero-order valence-electron chi connectivity index (χ0n) is 16.9. The van der Waals surface area contributed by atoms with Gasteiger partial charge in [0.1, 0.15) is 29.3 Å². The smallest absolute Gasteiger partial charge is 0.331 e. The largest absolute Gasteiger partial charge is 0.417 e. The SMILES string of the molecule is Cc1cc(C(F)(F)F)c(C#N)c(N2CS(=O)C[C@H]2C(=O)N(c2ccc(F)cc2)C2CC2)n1. The van der Waals surface area contributed by atoms with E-state index in [4.69, 9.17) is 0 Å². The molecule has 0 spiro atoms. The predicted octanol–water partition coefficient (Wildman–Crippen LogP) is 3.51. The number of pyridine rings is 1. The summed E-state index contributed by atoms with van der Waals surface area (Å²) >= 11 is 0. The first-order chi connectivity index (χ1) is 15.1. The van der Waals surface area contributed by atoms with Crippen molar-refractivity contribution in [3.63, 3.8) is 0 Å². The molecule has 2 heterocycles. The molecule has 0 N–H and O–H groups in total. The van der Waals surface area contributed by atoms with Crippen molar-refractivity contribution < 1.29 is 26.6 Å². The number of halogens is 4. The van der Waals surface area contributed by atoms with Crippen LogP contribution in [-0.2, 0) is 21.8 Å². The number of carbonyl (C=O) groups excluding carboxylic acids is 1. The summed E-state index contributed by atoms with van der Waals surface area (Å²) in [7, 11) is -1.53. The Morgan fingerprint density at radius 3 is 2.50 bits per heavy atom. The topological polar surface area (TPSA) is 77.3 Å². The third kappa shape index (κ3) is 4.19. The van der Waals surface area contributed by atoms with E-state index >= 15 is 0 Å². The second-order valence-corrected chi connectivity index (χ2v) is 9.23. The van der Waals surface area contributed by atoms with Gasteiger partial charge in [0.25, 0.3) is 5.91 Å². The number of rotatable bonds is 4. The number of amides is 1. The van der Waals surface area contributed by atoms with Gasteiger partial charge in [-0.25, -0.2) is 9.37 Å². The average Bonchev–Trinajstić information content (AvgIpc) is 3.48. The lowest BCUT2D eigenvalue weighted by Gasteiger charge is -2.31. The van der Waals surface area contributed by atoms with Crippen LogP contribution in [0.5, 0.6) is 0 Å². The highest BCUT2D eigenvalue weighted by Gasteiger charge is 2.45. The normalized spacial score (nSPS) is 20.8. The third-order valence-corrected chi connectivity index (χ3v) is 6.61. The van der Waals surface area contributed by atoms with Crippen molar-refractivity contribution in [1.29, 1.82) is 5.26 Å². The van der Waals surface area contributed by atoms with Crippen LogP contribution in [0.4, 0.5) is 29.1 Å². The highest BCUT2D eigenvalue weighted by molar-refractivity contribution is 7.85. The molecule has 1 aliphatic carbocycles. The van der Waals surface area contributed by atoms with Gasteiger partial charge in [0.2, 0.25) is 0 Å². The molecule has 168 valence electrons. The van der Waals surface area contributed by atoms with Crippen molar-refractivity contribution in [1.82, 2.24) is 4.98 Å². The molecule has 1 saturated carbocycles. The molecule has 32 heavy (non-hydrogen) atoms. The summed E-state index contributed by atoms with van der Waals surface area (Å²) in [4.78, 5) is 20.4. The van der Waals surface area contributed by atoms with Crippen LogP contribution in [0, 0.1) is 24.1 Å². The Kier molecular flexibility index (Phi) is 5.67. The molecule has 1 aliphatic heterocycles. The van der Waals surface area contributed by atoms with Gasteiger partial charge in [-0.3, -0.25) is 9.00 Å². The van der Waals surface area contributed by atoms with E-state index in [0.717, 1.165) is 18.9 Å². The molecule has 0 bridgehead atoms. The van der Waals surface area contributed by atoms with Crippen LogP contribution in [0.1, 0.15) is 29.7 Å². The number of alkyl halides is 3. The fraction of sp³-hybridized carbons (Fsp3) is 0.381. The summed E-state index contributed by atoms with van der Waals surface area (Å²) in [6, 6.07) is 6.49. The predicted molar refractivity (Wildman–Crippen MR) is 110 cm³/mol. The average molecular weight is 466 g/mol. The van der Waals surface area contributed by atoms with Crippen LogP contribution in [0.25, 0.3) is 0 Å². The molecule has 0 radical (unpaired) electrons. The van der Waals surface area contributed by atoms with Gasteiger partial charge in [-0.15, -0.1) is 0 Å². The minimum Gasteiger partial charge on any atom is -0.331 e. The lowest BCUT2D eigenvalue weighted by atomic mass is 10.1. The van der Waals surface area contributed by atoms with Crippen molar-refractivity contribution in [3.8, 4) is 6.07 Å². The molecule has 1 amide bonds. The van der Waals surface area contributed by atoms with Gasteiger partial charge in [-0.1, -0.05) is 0 Å². The van der Waals surface area contributed by atoms with E-state index in [0.29, 0.717) is 5.69 Å². The summed E-state index contributed by atoms with van der Waals surface area (Å²) in [5.41, 5.74) is -1.39. The molecule has 1 saturated heterocycles. The molecule has 2 aromatic rings. The molecule has 2 fully saturated rings. The maximum absolute atomic E-state index is 13.5. The van der Waals surface area contributed by atoms with Crippen LogP contribution in [-0.4, -0.2) is 38.8 Å². The van der Waals surface area contributed by atoms with Gasteiger partial charge in [0.05, 0.1) is 17.2 Å². The van der Waals surface area contributed by atoms with Crippen molar-refractivity contribution in [2.75, 3.05) is 21.4 Å². The highest BCUT2D eigenvalue weighted by atomic mass is 32.2. The summed E-state index contributed by atoms with van der Waals surface area (Å²) in [6.07, 6.45) is -3.34. The standard InChI is InChI=1S/C21H18F4N4O2S/c1-12-8-17(21(23,24)25)16(9-26)19(27-12)28-11-32(31)10-18(28)20(30)29(15-6-7-15)14-4-2-13(22)3-5-14/h2-5,8,15,18H,6-7,10-11H2,1H3/t18-,32?/m0/s1. The van der Waals surface area contributed by atoms with Gasteiger partial charge in [-0.05, 0) is 50.1 Å². The first-order valence-corrected chi connectivity index (χ1v) is 11.3. The van der Waals surface area contributed by atoms with Gasteiger partial charge in [0, 0.05) is 28.2 Å². The van der Waals surface area contributed by atoms with Gasteiger partial charge >= 0.3 is 6.18 Å². The van der Waals surface area contributed by atoms with Crippen LogP contribution in [0.15, 0.2) is 30.3 Å². The maximum Gasteiger partial charge on any atom is 0.417 e. The van der Waals surface area contributed by atoms with Crippen molar-refractivity contribution in [3.05, 3.63) is 53.0 Å². The maximum atomic E-state index is 13.5. The number of aryl methyl sites for hydroxylation is 1. The molecule has 1 aromatic heterocycles. The van der Waals surface area contributed by atoms with Crippen LogP contribution in [0.2, 0.25) is 0 Å². The summed E-state index contributed by atoms with van der Waals surface area (Å²) < 4.78 is 66.4. The van der Waals surface area contributed by atoms with Crippen LogP contribution in [0.3, 0.4) is 0 Å². The zero-order chi connectivity index (χ0) is 23.2. The first-order valence-electron chi connectivity index (χ1n) is 9.79. The Labute approximate surface area is 183 Å². The summed E-state index contributed by atoms with van der Waals surface area (Å²) in [5.74, 6) is -1.57. The van der Waals surface area contributed by atoms with E-state index in [1.54, 1.807) is 6.07 Å². The van der Waals surface area contributed by atoms with Crippen molar-refractivity contribution in [2.45, 2.75) is 38.0 Å². The Morgan fingerprint density at radius 2 is 1.94 bits per heavy atom. The summed E-state index contributed by atoms with van der Waals surface area (Å²) in [6.45, 7) is 1.36. The van der Waals surface area contributed by atoms with Crippen LogP contribution < -0.4 is 9.80 Å². The van der Waals surface area contributed by atoms with E-state index < -0.39 is 45.9 Å². The van der Waals surface area contributed by atoms with E-state index in [2.05, 4.69) is 4.98 Å². The molecule has 6 nitrogen and oxygen atoms in total. The van der Waals surface area contributed by atoms with E-state index in [1.165, 1.54) is 41.0 Å². The summed E-state index contributed by atoms with van der Waals surface area (Å²) in [5, 5.41) is 9.49. The molecule has 2 aliphatic rings. The van der Waals surface area contributed by atoms with E-state index in [1.807, 2.05) is 0 Å².